The van der Waals surface area contributed by atoms with Crippen LogP contribution < -0.4 is 5.73 Å². The summed E-state index contributed by atoms with van der Waals surface area (Å²) in [5.74, 6) is -0.319. The number of ether oxygens (including phenoxy) is 2. The molecule has 1 aliphatic rings. The van der Waals surface area contributed by atoms with Crippen molar-refractivity contribution >= 4 is 41.2 Å². The Morgan fingerprint density at radius 3 is 2.65 bits per heavy atom. The number of hydrogen-bond donors (Lipinski definition) is 1. The highest BCUT2D eigenvalue weighted by Crippen LogP contribution is 2.29. The lowest BCUT2D eigenvalue weighted by Gasteiger charge is -2.26. The zero-order valence-corrected chi connectivity index (χ0v) is 16.1. The molecule has 2 N–H and O–H groups in total. The summed E-state index contributed by atoms with van der Waals surface area (Å²) >= 11 is 6.62. The molecule has 1 aliphatic heterocycles. The summed E-state index contributed by atoms with van der Waals surface area (Å²) in [6.07, 6.45) is 0. The van der Waals surface area contributed by atoms with Crippen LogP contribution in [-0.2, 0) is 9.47 Å². The van der Waals surface area contributed by atoms with Gasteiger partial charge in [0.25, 0.3) is 5.91 Å². The zero-order chi connectivity index (χ0) is 18.8. The minimum absolute atomic E-state index is 0.151. The summed E-state index contributed by atoms with van der Waals surface area (Å²) in [6.45, 7) is 3.97. The van der Waals surface area contributed by atoms with Crippen molar-refractivity contribution in [2.45, 2.75) is 6.92 Å². The molecule has 9 heteroatoms. The van der Waals surface area contributed by atoms with Crippen molar-refractivity contribution in [1.82, 2.24) is 9.47 Å². The van der Waals surface area contributed by atoms with Gasteiger partial charge in [0.2, 0.25) is 0 Å². The second-order valence-electron chi connectivity index (χ2n) is 5.82. The number of hydrogen-bond acceptors (Lipinski definition) is 7. The van der Waals surface area contributed by atoms with Crippen LogP contribution in [0.5, 0.6) is 0 Å². The van der Waals surface area contributed by atoms with Crippen molar-refractivity contribution in [3.05, 3.63) is 38.2 Å². The molecule has 1 amide bonds. The third-order valence-corrected chi connectivity index (χ3v) is 5.59. The summed E-state index contributed by atoms with van der Waals surface area (Å²) in [5.41, 5.74) is 8.21. The van der Waals surface area contributed by atoms with E-state index in [1.54, 1.807) is 27.7 Å². The van der Waals surface area contributed by atoms with Crippen LogP contribution in [0.2, 0.25) is 0 Å². The van der Waals surface area contributed by atoms with E-state index in [0.717, 1.165) is 5.56 Å². The van der Waals surface area contributed by atoms with E-state index in [0.29, 0.717) is 46.4 Å². The number of morpholine rings is 1. The van der Waals surface area contributed by atoms with Gasteiger partial charge in [0.1, 0.15) is 10.7 Å². The Balaban J connectivity index is 2.05. The molecule has 2 aromatic rings. The highest BCUT2D eigenvalue weighted by Gasteiger charge is 2.25. The molecule has 3 rings (SSSR count). The Kier molecular flexibility index (Phi) is 5.40. The largest absolute Gasteiger partial charge is 0.465 e. The Morgan fingerprint density at radius 1 is 1.31 bits per heavy atom. The van der Waals surface area contributed by atoms with Gasteiger partial charge >= 0.3 is 5.97 Å². The molecule has 0 spiro atoms. The smallest absolute Gasteiger partial charge is 0.337 e. The number of rotatable bonds is 3. The van der Waals surface area contributed by atoms with Crippen LogP contribution in [0.25, 0.3) is 5.69 Å². The first kappa shape index (κ1) is 18.6. The lowest BCUT2D eigenvalue weighted by molar-refractivity contribution is 0.0306. The maximum Gasteiger partial charge on any atom is 0.337 e. The van der Waals surface area contributed by atoms with E-state index in [2.05, 4.69) is 0 Å². The number of esters is 1. The highest BCUT2D eigenvalue weighted by atomic mass is 32.1. The topological polar surface area (TPSA) is 86.8 Å². The first-order valence-corrected chi connectivity index (χ1v) is 9.24. The molecule has 0 unspecified atom stereocenters. The summed E-state index contributed by atoms with van der Waals surface area (Å²) in [6, 6.07) is 5.14. The molecule has 1 saturated heterocycles. The van der Waals surface area contributed by atoms with Crippen molar-refractivity contribution in [1.29, 1.82) is 0 Å². The molecule has 138 valence electrons. The molecule has 1 aromatic heterocycles. The normalized spacial score (nSPS) is 14.3. The van der Waals surface area contributed by atoms with Crippen LogP contribution in [0.3, 0.4) is 0 Å². The number of aromatic nitrogens is 1. The van der Waals surface area contributed by atoms with Crippen LogP contribution in [0, 0.1) is 10.9 Å². The van der Waals surface area contributed by atoms with Gasteiger partial charge in [-0.15, -0.1) is 0 Å². The maximum atomic E-state index is 12.8. The Bertz CT molecular complexity index is 913. The van der Waals surface area contributed by atoms with Crippen molar-refractivity contribution in [2.75, 3.05) is 39.1 Å². The quantitative estimate of drug-likeness (QED) is 0.637. The molecule has 1 aromatic carbocycles. The molecule has 0 bridgehead atoms. The maximum absolute atomic E-state index is 12.8. The second-order valence-corrected chi connectivity index (χ2v) is 7.46. The molecule has 0 atom stereocenters. The number of carbonyl (C=O) groups excluding carboxylic acids is 2. The number of benzene rings is 1. The molecule has 26 heavy (non-hydrogen) atoms. The van der Waals surface area contributed by atoms with Crippen molar-refractivity contribution in [3.8, 4) is 5.69 Å². The number of methoxy groups -OCH3 is 1. The van der Waals surface area contributed by atoms with Gasteiger partial charge in [-0.05, 0) is 36.8 Å². The molecule has 2 heterocycles. The number of carbonyl (C=O) groups is 2. The number of nitrogens with two attached hydrogens (primary N) is 1. The Labute approximate surface area is 159 Å². The lowest BCUT2D eigenvalue weighted by atomic mass is 10.1. The number of aryl methyl sites for hydroxylation is 1. The van der Waals surface area contributed by atoms with Gasteiger partial charge in [0.15, 0.2) is 3.95 Å². The zero-order valence-electron chi connectivity index (χ0n) is 14.5. The molecule has 0 aliphatic carbocycles. The molecular weight excluding hydrogens is 374 g/mol. The average Bonchev–Trinajstić information content (AvgIpc) is 2.96. The van der Waals surface area contributed by atoms with Gasteiger partial charge in [-0.3, -0.25) is 9.36 Å². The molecule has 0 saturated carbocycles. The first-order valence-electron chi connectivity index (χ1n) is 8.01. The van der Waals surface area contributed by atoms with Crippen LogP contribution in [-0.4, -0.2) is 54.8 Å². The van der Waals surface area contributed by atoms with Crippen LogP contribution >= 0.6 is 23.6 Å². The number of anilines is 1. The highest BCUT2D eigenvalue weighted by molar-refractivity contribution is 7.73. The predicted molar refractivity (Wildman–Crippen MR) is 102 cm³/mol. The van der Waals surface area contributed by atoms with Gasteiger partial charge in [0, 0.05) is 13.1 Å². The van der Waals surface area contributed by atoms with Gasteiger partial charge in [0.05, 0.1) is 31.6 Å². The van der Waals surface area contributed by atoms with E-state index < -0.39 is 5.97 Å². The molecule has 1 fully saturated rings. The SMILES string of the molecule is COC(=O)c1ccc(C)c(-n2c(N)c(C(=O)N3CCOCC3)sc2=S)c1. The lowest BCUT2D eigenvalue weighted by Crippen LogP contribution is -2.40. The van der Waals surface area contributed by atoms with E-state index >= 15 is 0 Å². The van der Waals surface area contributed by atoms with E-state index in [-0.39, 0.29) is 11.7 Å². The van der Waals surface area contributed by atoms with E-state index in [1.807, 2.05) is 6.92 Å². The van der Waals surface area contributed by atoms with Crippen molar-refractivity contribution in [3.63, 3.8) is 0 Å². The van der Waals surface area contributed by atoms with Crippen molar-refractivity contribution in [2.24, 2.45) is 0 Å². The number of thiazole rings is 1. The van der Waals surface area contributed by atoms with Crippen LogP contribution in [0.4, 0.5) is 5.82 Å². The summed E-state index contributed by atoms with van der Waals surface area (Å²) in [7, 11) is 1.32. The monoisotopic (exact) mass is 393 g/mol. The first-order chi connectivity index (χ1) is 12.4. The summed E-state index contributed by atoms with van der Waals surface area (Å²) in [4.78, 5) is 26.7. The fourth-order valence-electron chi connectivity index (χ4n) is 2.77. The Hall–Kier alpha value is -2.23. The standard InChI is InChI=1S/C17H19N3O4S2/c1-10-3-4-11(16(22)23-2)9-12(10)20-14(18)13(26-17(20)25)15(21)19-5-7-24-8-6-19/h3-4,9H,5-8,18H2,1-2H3. The van der Waals surface area contributed by atoms with E-state index in [9.17, 15) is 9.59 Å². The second kappa shape index (κ2) is 7.56. The van der Waals surface area contributed by atoms with Crippen LogP contribution in [0.15, 0.2) is 18.2 Å². The number of amides is 1. The fraction of sp³-hybridized carbons (Fsp3) is 0.353. The van der Waals surface area contributed by atoms with Crippen LogP contribution in [0.1, 0.15) is 25.6 Å². The van der Waals surface area contributed by atoms with Gasteiger partial charge in [-0.2, -0.15) is 0 Å². The molecule has 7 nitrogen and oxygen atoms in total. The van der Waals surface area contributed by atoms with Crippen molar-refractivity contribution < 1.29 is 19.1 Å². The predicted octanol–water partition coefficient (Wildman–Crippen LogP) is 2.42. The van der Waals surface area contributed by atoms with E-state index in [4.69, 9.17) is 27.4 Å². The third kappa shape index (κ3) is 3.37. The average molecular weight is 393 g/mol. The Morgan fingerprint density at radius 2 is 2.00 bits per heavy atom. The minimum Gasteiger partial charge on any atom is -0.465 e. The molecule has 0 radical (unpaired) electrons. The summed E-state index contributed by atoms with van der Waals surface area (Å²) < 4.78 is 12.1. The van der Waals surface area contributed by atoms with Gasteiger partial charge in [-0.1, -0.05) is 17.4 Å². The fourth-order valence-corrected chi connectivity index (χ4v) is 4.09. The summed E-state index contributed by atoms with van der Waals surface area (Å²) in [5, 5.41) is 0. The minimum atomic E-state index is -0.448. The van der Waals surface area contributed by atoms with E-state index in [1.165, 1.54) is 18.4 Å². The van der Waals surface area contributed by atoms with Gasteiger partial charge in [-0.25, -0.2) is 4.79 Å². The third-order valence-electron chi connectivity index (χ3n) is 4.21. The molecular formula is C17H19N3O4S2. The number of nitrogens with zero attached hydrogens (tertiary/aromatic N) is 2. The number of nitrogen functional groups attached to an aromatic ring is 1. The van der Waals surface area contributed by atoms with Gasteiger partial charge < -0.3 is 20.1 Å².